The highest BCUT2D eigenvalue weighted by atomic mass is 16.4. The quantitative estimate of drug-likeness (QED) is 0.408. The van der Waals surface area contributed by atoms with E-state index in [0.29, 0.717) is 5.52 Å². The zero-order valence-corrected chi connectivity index (χ0v) is 17.1. The van der Waals surface area contributed by atoms with Gasteiger partial charge in [0, 0.05) is 17.8 Å². The zero-order valence-electron chi connectivity index (χ0n) is 17.1. The number of rotatable bonds is 1. The summed E-state index contributed by atoms with van der Waals surface area (Å²) in [4.78, 5) is 18.4. The maximum absolute atomic E-state index is 10.6. The number of carbonyl (C=O) groups is 1. The van der Waals surface area contributed by atoms with Gasteiger partial charge in [0.1, 0.15) is 5.69 Å². The number of aromatic nitrogens is 2. The minimum atomic E-state index is -1.02. The minimum Gasteiger partial charge on any atom is -0.477 e. The summed E-state index contributed by atoms with van der Waals surface area (Å²) in [5.74, 6) is -1.02. The minimum absolute atomic E-state index is 0.0544. The molecule has 2 aliphatic rings. The normalized spacial score (nSPS) is 14.6. The SMILES string of the molecule is C1=CC2=C(CC1)CCc1c2ccc2ccccc12.O=C(O)c1ccc2cnccc2n1. The fourth-order valence-electron chi connectivity index (χ4n) is 4.47. The molecular formula is C27H22N2O2. The first kappa shape index (κ1) is 19.2. The standard InChI is InChI=1S/C18H16.C9H6N2O2/c1-3-7-15-13(5-1)9-11-18-16-8-4-2-6-14(16)10-12-17(15)18;12-9(13)8-2-1-6-5-10-4-3-7(6)11-8/h1,3-5,7-9,11H,2,6,10,12H2;1-5H,(H,12,13). The first-order chi connectivity index (χ1) is 15.2. The highest BCUT2D eigenvalue weighted by molar-refractivity contribution is 5.94. The van der Waals surface area contributed by atoms with Crippen LogP contribution in [0.4, 0.5) is 0 Å². The first-order valence-corrected chi connectivity index (χ1v) is 10.5. The molecule has 152 valence electrons. The van der Waals surface area contributed by atoms with Crippen molar-refractivity contribution in [2.75, 3.05) is 0 Å². The number of carboxylic acids is 1. The molecule has 31 heavy (non-hydrogen) atoms. The summed E-state index contributed by atoms with van der Waals surface area (Å²) in [6.07, 6.45) is 12.8. The summed E-state index contributed by atoms with van der Waals surface area (Å²) in [7, 11) is 0. The van der Waals surface area contributed by atoms with Crippen molar-refractivity contribution in [3.63, 3.8) is 0 Å². The molecule has 0 bridgehead atoms. The van der Waals surface area contributed by atoms with Crippen molar-refractivity contribution in [1.82, 2.24) is 9.97 Å². The van der Waals surface area contributed by atoms with Crippen molar-refractivity contribution in [3.8, 4) is 0 Å². The fourth-order valence-corrected chi connectivity index (χ4v) is 4.47. The molecule has 0 amide bonds. The van der Waals surface area contributed by atoms with Crippen LogP contribution in [0.25, 0.3) is 27.2 Å². The Morgan fingerprint density at radius 3 is 2.68 bits per heavy atom. The summed E-state index contributed by atoms with van der Waals surface area (Å²) in [5.41, 5.74) is 6.91. The number of allylic oxidation sites excluding steroid dienone is 4. The molecular weight excluding hydrogens is 384 g/mol. The lowest BCUT2D eigenvalue weighted by molar-refractivity contribution is 0.0691. The largest absolute Gasteiger partial charge is 0.477 e. The maximum atomic E-state index is 10.6. The lowest BCUT2D eigenvalue weighted by Gasteiger charge is -2.25. The number of benzene rings is 2. The number of nitrogens with zero attached hydrogens (tertiary/aromatic N) is 2. The van der Waals surface area contributed by atoms with Crippen LogP contribution in [0.3, 0.4) is 0 Å². The second kappa shape index (κ2) is 8.15. The zero-order chi connectivity index (χ0) is 21.2. The van der Waals surface area contributed by atoms with Crippen LogP contribution in [0.1, 0.15) is 40.9 Å². The average molecular weight is 406 g/mol. The van der Waals surface area contributed by atoms with Gasteiger partial charge in [-0.05, 0) is 71.4 Å². The number of hydrogen-bond donors (Lipinski definition) is 1. The molecule has 0 unspecified atom stereocenters. The topological polar surface area (TPSA) is 63.1 Å². The van der Waals surface area contributed by atoms with Gasteiger partial charge in [0.05, 0.1) is 5.52 Å². The molecule has 4 heteroatoms. The van der Waals surface area contributed by atoms with Crippen molar-refractivity contribution in [2.24, 2.45) is 0 Å². The third-order valence-electron chi connectivity index (χ3n) is 5.99. The number of hydrogen-bond acceptors (Lipinski definition) is 3. The number of aromatic carboxylic acids is 1. The molecule has 0 atom stereocenters. The van der Waals surface area contributed by atoms with Crippen molar-refractivity contribution < 1.29 is 9.90 Å². The molecule has 0 spiro atoms. The van der Waals surface area contributed by atoms with Gasteiger partial charge >= 0.3 is 5.97 Å². The number of pyridine rings is 2. The van der Waals surface area contributed by atoms with E-state index >= 15 is 0 Å². The molecule has 0 saturated carbocycles. The Bertz CT molecular complexity index is 1370. The van der Waals surface area contributed by atoms with Crippen LogP contribution in [0.2, 0.25) is 0 Å². The van der Waals surface area contributed by atoms with Crippen LogP contribution in [0.5, 0.6) is 0 Å². The Morgan fingerprint density at radius 2 is 1.77 bits per heavy atom. The second-order valence-electron chi connectivity index (χ2n) is 7.84. The van der Waals surface area contributed by atoms with Crippen LogP contribution in [0.15, 0.2) is 84.7 Å². The Kier molecular flexibility index (Phi) is 5.04. The molecule has 6 rings (SSSR count). The molecule has 4 aromatic rings. The fraction of sp³-hybridized carbons (Fsp3) is 0.148. The lowest BCUT2D eigenvalue weighted by atomic mass is 9.80. The predicted molar refractivity (Wildman–Crippen MR) is 124 cm³/mol. The Hall–Kier alpha value is -3.79. The number of aryl methyl sites for hydroxylation is 1. The summed E-state index contributed by atoms with van der Waals surface area (Å²) < 4.78 is 0. The molecule has 0 saturated heterocycles. The molecule has 4 nitrogen and oxygen atoms in total. The van der Waals surface area contributed by atoms with Gasteiger partial charge in [0.2, 0.25) is 0 Å². The molecule has 2 heterocycles. The molecule has 2 aromatic carbocycles. The smallest absolute Gasteiger partial charge is 0.354 e. The molecule has 0 fully saturated rings. The number of fused-ring (bicyclic) bond motifs is 5. The van der Waals surface area contributed by atoms with E-state index in [0.717, 1.165) is 5.39 Å². The summed E-state index contributed by atoms with van der Waals surface area (Å²) in [5, 5.41) is 12.3. The molecule has 0 radical (unpaired) electrons. The number of carboxylic acid groups (broad SMARTS) is 1. The van der Waals surface area contributed by atoms with Crippen LogP contribution in [-0.4, -0.2) is 21.0 Å². The highest BCUT2D eigenvalue weighted by Crippen LogP contribution is 2.39. The third kappa shape index (κ3) is 3.73. The van der Waals surface area contributed by atoms with E-state index in [9.17, 15) is 4.79 Å². The van der Waals surface area contributed by atoms with Gasteiger partial charge in [0.15, 0.2) is 0 Å². The Morgan fingerprint density at radius 1 is 0.903 bits per heavy atom. The van der Waals surface area contributed by atoms with Gasteiger partial charge in [0.25, 0.3) is 0 Å². The molecule has 2 aromatic heterocycles. The van der Waals surface area contributed by atoms with E-state index in [1.807, 2.05) is 0 Å². The van der Waals surface area contributed by atoms with Gasteiger partial charge in [-0.15, -0.1) is 0 Å². The lowest BCUT2D eigenvalue weighted by Crippen LogP contribution is -2.06. The van der Waals surface area contributed by atoms with E-state index in [1.165, 1.54) is 53.7 Å². The van der Waals surface area contributed by atoms with Crippen LogP contribution in [0, 0.1) is 0 Å². The summed E-state index contributed by atoms with van der Waals surface area (Å²) in [6.45, 7) is 0. The molecule has 1 N–H and O–H groups in total. The van der Waals surface area contributed by atoms with Crippen molar-refractivity contribution >= 4 is 33.2 Å². The van der Waals surface area contributed by atoms with Crippen LogP contribution in [-0.2, 0) is 6.42 Å². The Balaban J connectivity index is 0.000000140. The van der Waals surface area contributed by atoms with E-state index in [4.69, 9.17) is 5.11 Å². The van der Waals surface area contributed by atoms with Crippen molar-refractivity contribution in [3.05, 3.63) is 102 Å². The van der Waals surface area contributed by atoms with Gasteiger partial charge in [-0.2, -0.15) is 0 Å². The second-order valence-corrected chi connectivity index (χ2v) is 7.84. The summed E-state index contributed by atoms with van der Waals surface area (Å²) >= 11 is 0. The predicted octanol–water partition coefficient (Wildman–Crippen LogP) is 6.22. The van der Waals surface area contributed by atoms with Crippen molar-refractivity contribution in [2.45, 2.75) is 25.7 Å². The van der Waals surface area contributed by atoms with E-state index < -0.39 is 5.97 Å². The highest BCUT2D eigenvalue weighted by Gasteiger charge is 2.20. The molecule has 2 aliphatic carbocycles. The maximum Gasteiger partial charge on any atom is 0.354 e. The van der Waals surface area contributed by atoms with E-state index in [1.54, 1.807) is 35.7 Å². The van der Waals surface area contributed by atoms with Crippen LogP contribution < -0.4 is 0 Å². The molecule has 0 aliphatic heterocycles. The first-order valence-electron chi connectivity index (χ1n) is 10.5. The van der Waals surface area contributed by atoms with Gasteiger partial charge < -0.3 is 5.11 Å². The Labute approximate surface area is 180 Å². The van der Waals surface area contributed by atoms with Gasteiger partial charge in [-0.3, -0.25) is 4.98 Å². The average Bonchev–Trinajstić information content (AvgIpc) is 2.83. The van der Waals surface area contributed by atoms with E-state index in [2.05, 4.69) is 58.5 Å². The summed E-state index contributed by atoms with van der Waals surface area (Å²) in [6, 6.07) is 18.2. The van der Waals surface area contributed by atoms with Gasteiger partial charge in [-0.25, -0.2) is 9.78 Å². The van der Waals surface area contributed by atoms with E-state index in [-0.39, 0.29) is 5.69 Å². The van der Waals surface area contributed by atoms with Gasteiger partial charge in [-0.1, -0.05) is 54.1 Å². The van der Waals surface area contributed by atoms with Crippen LogP contribution >= 0.6 is 0 Å². The van der Waals surface area contributed by atoms with Crippen molar-refractivity contribution in [1.29, 1.82) is 0 Å². The third-order valence-corrected chi connectivity index (χ3v) is 5.99. The monoisotopic (exact) mass is 406 g/mol.